The summed E-state index contributed by atoms with van der Waals surface area (Å²) in [6.07, 6.45) is 1.30. The van der Waals surface area contributed by atoms with Crippen LogP contribution in [-0.2, 0) is 19.6 Å². The minimum atomic E-state index is -4.22. The first-order valence-corrected chi connectivity index (χ1v) is 15.0. The molecule has 0 bridgehead atoms. The summed E-state index contributed by atoms with van der Waals surface area (Å²) in [6.45, 7) is 5.16. The zero-order chi connectivity index (χ0) is 31.9. The molecule has 3 aromatic carbocycles. The zero-order valence-corrected chi connectivity index (χ0v) is 25.8. The van der Waals surface area contributed by atoms with Crippen molar-refractivity contribution in [2.45, 2.75) is 25.7 Å². The highest BCUT2D eigenvalue weighted by Gasteiger charge is 2.28. The third-order valence-corrected chi connectivity index (χ3v) is 8.18. The average Bonchev–Trinajstić information content (AvgIpc) is 3.48. The Bertz CT molecular complexity index is 1760. The number of hydrogen-bond donors (Lipinski definition) is 1. The molecule has 1 amide bonds. The molecular formula is C32H33N3O8S. The van der Waals surface area contributed by atoms with Crippen LogP contribution in [0.25, 0.3) is 11.3 Å². The molecule has 0 aliphatic carbocycles. The average molecular weight is 620 g/mol. The molecule has 0 aliphatic rings. The number of aryl methyl sites for hydroxylation is 2. The van der Waals surface area contributed by atoms with Crippen molar-refractivity contribution in [1.82, 2.24) is 5.43 Å². The van der Waals surface area contributed by atoms with Gasteiger partial charge in [0.2, 0.25) is 0 Å². The van der Waals surface area contributed by atoms with Gasteiger partial charge in [-0.3, -0.25) is 9.10 Å². The predicted molar refractivity (Wildman–Crippen MR) is 166 cm³/mol. The molecule has 0 aliphatic heterocycles. The van der Waals surface area contributed by atoms with Crippen LogP contribution in [0.4, 0.5) is 5.69 Å². The molecule has 1 heterocycles. The Morgan fingerprint density at radius 3 is 2.23 bits per heavy atom. The topological polar surface area (TPSA) is 137 Å². The van der Waals surface area contributed by atoms with Gasteiger partial charge in [0.05, 0.1) is 43.2 Å². The molecule has 230 valence electrons. The quantitative estimate of drug-likeness (QED) is 0.131. The van der Waals surface area contributed by atoms with E-state index in [1.54, 1.807) is 55.5 Å². The third-order valence-electron chi connectivity index (χ3n) is 6.41. The maximum Gasteiger partial charge on any atom is 0.338 e. The van der Waals surface area contributed by atoms with Crippen LogP contribution in [0.3, 0.4) is 0 Å². The van der Waals surface area contributed by atoms with Gasteiger partial charge in [-0.05, 0) is 80.4 Å². The standard InChI is InChI=1S/C32H33N3O8S/c1-6-42-32(37)24-9-7-23(8-10-24)28-13-11-26(43-28)19-33-34-31(36)20-35(25-16-21(2)15-22(3)17-25)44(38,39)27-12-14-29(40-4)30(18-27)41-5/h7-19H,6,20H2,1-5H3,(H,34,36)/b33-19-. The van der Waals surface area contributed by atoms with E-state index >= 15 is 0 Å². The Labute approximate surface area is 256 Å². The lowest BCUT2D eigenvalue weighted by molar-refractivity contribution is -0.119. The first-order valence-electron chi connectivity index (χ1n) is 13.6. The van der Waals surface area contributed by atoms with Crippen LogP contribution in [0, 0.1) is 13.8 Å². The third kappa shape index (κ3) is 7.45. The number of anilines is 1. The van der Waals surface area contributed by atoms with Gasteiger partial charge < -0.3 is 18.6 Å². The lowest BCUT2D eigenvalue weighted by Gasteiger charge is -2.25. The monoisotopic (exact) mass is 619 g/mol. The molecule has 0 fully saturated rings. The van der Waals surface area contributed by atoms with Crippen molar-refractivity contribution in [2.24, 2.45) is 5.10 Å². The first-order chi connectivity index (χ1) is 21.0. The van der Waals surface area contributed by atoms with E-state index in [4.69, 9.17) is 18.6 Å². The number of rotatable bonds is 12. The van der Waals surface area contributed by atoms with Crippen molar-refractivity contribution in [3.05, 3.63) is 95.2 Å². The number of hydrazone groups is 1. The molecule has 1 aromatic heterocycles. The van der Waals surface area contributed by atoms with E-state index < -0.39 is 28.4 Å². The number of carbonyl (C=O) groups excluding carboxylic acids is 2. The Morgan fingerprint density at radius 2 is 1.59 bits per heavy atom. The molecule has 0 saturated carbocycles. The lowest BCUT2D eigenvalue weighted by Crippen LogP contribution is -2.39. The van der Waals surface area contributed by atoms with Crippen molar-refractivity contribution in [2.75, 3.05) is 31.7 Å². The molecule has 12 heteroatoms. The fraction of sp³-hybridized carbons (Fsp3) is 0.219. The van der Waals surface area contributed by atoms with E-state index in [1.165, 1.54) is 38.6 Å². The number of esters is 1. The molecule has 4 rings (SSSR count). The number of benzene rings is 3. The first kappa shape index (κ1) is 31.8. The van der Waals surface area contributed by atoms with Crippen LogP contribution in [0.15, 0.2) is 87.2 Å². The fourth-order valence-electron chi connectivity index (χ4n) is 4.41. The number of carbonyl (C=O) groups is 2. The number of hydrogen-bond acceptors (Lipinski definition) is 9. The smallest absolute Gasteiger partial charge is 0.338 e. The SMILES string of the molecule is CCOC(=O)c1ccc(-c2ccc(/C=N\NC(=O)CN(c3cc(C)cc(C)c3)S(=O)(=O)c3ccc(OC)c(OC)c3)o2)cc1. The summed E-state index contributed by atoms with van der Waals surface area (Å²) in [7, 11) is -1.36. The second-order valence-corrected chi connectivity index (χ2v) is 11.5. The highest BCUT2D eigenvalue weighted by molar-refractivity contribution is 7.92. The Balaban J connectivity index is 1.51. The Kier molecular flexibility index (Phi) is 10.1. The van der Waals surface area contributed by atoms with Crippen LogP contribution in [0.1, 0.15) is 34.2 Å². The summed E-state index contributed by atoms with van der Waals surface area (Å²) >= 11 is 0. The highest BCUT2D eigenvalue weighted by atomic mass is 32.2. The van der Waals surface area contributed by atoms with Crippen molar-refractivity contribution in [3.63, 3.8) is 0 Å². The van der Waals surface area contributed by atoms with Crippen LogP contribution >= 0.6 is 0 Å². The largest absolute Gasteiger partial charge is 0.493 e. The molecule has 0 saturated heterocycles. The van der Waals surface area contributed by atoms with E-state index in [-0.39, 0.29) is 17.3 Å². The maximum atomic E-state index is 13.9. The normalized spacial score (nSPS) is 11.3. The minimum absolute atomic E-state index is 0.0796. The molecule has 0 unspecified atom stereocenters. The summed E-state index contributed by atoms with van der Waals surface area (Å²) < 4.78 is 50.0. The Morgan fingerprint density at radius 1 is 0.909 bits per heavy atom. The summed E-state index contributed by atoms with van der Waals surface area (Å²) in [6, 6.07) is 19.6. The van der Waals surface area contributed by atoms with E-state index in [0.29, 0.717) is 28.5 Å². The second kappa shape index (κ2) is 13.9. The van der Waals surface area contributed by atoms with Gasteiger partial charge in [-0.15, -0.1) is 0 Å². The highest BCUT2D eigenvalue weighted by Crippen LogP contribution is 2.32. The van der Waals surface area contributed by atoms with E-state index in [1.807, 2.05) is 19.9 Å². The number of furan rings is 1. The lowest BCUT2D eigenvalue weighted by atomic mass is 10.1. The van der Waals surface area contributed by atoms with E-state index in [9.17, 15) is 18.0 Å². The summed E-state index contributed by atoms with van der Waals surface area (Å²) in [5, 5.41) is 3.96. The van der Waals surface area contributed by atoms with Gasteiger partial charge in [0.1, 0.15) is 18.1 Å². The van der Waals surface area contributed by atoms with Gasteiger partial charge in [-0.1, -0.05) is 18.2 Å². The number of amides is 1. The number of nitrogens with zero attached hydrogens (tertiary/aromatic N) is 2. The van der Waals surface area contributed by atoms with Gasteiger partial charge in [0.15, 0.2) is 11.5 Å². The van der Waals surface area contributed by atoms with Gasteiger partial charge in [0, 0.05) is 11.6 Å². The van der Waals surface area contributed by atoms with E-state index in [0.717, 1.165) is 21.0 Å². The van der Waals surface area contributed by atoms with Crippen LogP contribution in [-0.4, -0.2) is 53.9 Å². The summed E-state index contributed by atoms with van der Waals surface area (Å²) in [5.74, 6) is 0.386. The van der Waals surface area contributed by atoms with Crippen LogP contribution < -0.4 is 19.2 Å². The van der Waals surface area contributed by atoms with Crippen molar-refractivity contribution >= 4 is 33.8 Å². The minimum Gasteiger partial charge on any atom is -0.493 e. The number of ether oxygens (including phenoxy) is 3. The molecular weight excluding hydrogens is 586 g/mol. The van der Waals surface area contributed by atoms with Crippen molar-refractivity contribution < 1.29 is 36.6 Å². The molecule has 0 radical (unpaired) electrons. The fourth-order valence-corrected chi connectivity index (χ4v) is 5.83. The van der Waals surface area contributed by atoms with Gasteiger partial charge in [0.25, 0.3) is 15.9 Å². The summed E-state index contributed by atoms with van der Waals surface area (Å²) in [5.41, 5.74) is 5.51. The molecule has 44 heavy (non-hydrogen) atoms. The van der Waals surface area contributed by atoms with Gasteiger partial charge in [-0.25, -0.2) is 18.6 Å². The van der Waals surface area contributed by atoms with E-state index in [2.05, 4.69) is 10.5 Å². The van der Waals surface area contributed by atoms with Crippen LogP contribution in [0.5, 0.6) is 11.5 Å². The molecule has 0 atom stereocenters. The number of methoxy groups -OCH3 is 2. The molecule has 11 nitrogen and oxygen atoms in total. The Hall–Kier alpha value is -5.10. The zero-order valence-electron chi connectivity index (χ0n) is 25.0. The number of sulfonamides is 1. The maximum absolute atomic E-state index is 13.9. The number of nitrogens with one attached hydrogen (secondary N) is 1. The predicted octanol–water partition coefficient (Wildman–Crippen LogP) is 5.10. The van der Waals surface area contributed by atoms with Crippen molar-refractivity contribution in [3.8, 4) is 22.8 Å². The molecule has 1 N–H and O–H groups in total. The molecule has 0 spiro atoms. The summed E-state index contributed by atoms with van der Waals surface area (Å²) in [4.78, 5) is 24.8. The molecule has 4 aromatic rings. The van der Waals surface area contributed by atoms with Crippen molar-refractivity contribution in [1.29, 1.82) is 0 Å². The second-order valence-electron chi connectivity index (χ2n) is 9.67. The van der Waals surface area contributed by atoms with Gasteiger partial charge >= 0.3 is 5.97 Å². The van der Waals surface area contributed by atoms with Gasteiger partial charge in [-0.2, -0.15) is 5.10 Å². The van der Waals surface area contributed by atoms with Crippen LogP contribution in [0.2, 0.25) is 0 Å².